The average molecular weight is 274 g/mol. The molecule has 0 aliphatic carbocycles. The topological polar surface area (TPSA) is 69.4 Å². The zero-order valence-corrected chi connectivity index (χ0v) is 9.48. The summed E-state index contributed by atoms with van der Waals surface area (Å²) in [6.07, 6.45) is 0.611. The van der Waals surface area contributed by atoms with E-state index in [4.69, 9.17) is 4.74 Å². The Morgan fingerprint density at radius 3 is 2.73 bits per heavy atom. The highest BCUT2D eigenvalue weighted by Crippen LogP contribution is 2.33. The largest absolute Gasteiger partial charge is 0.497 e. The second kappa shape index (κ2) is 4.88. The third-order valence-corrected chi connectivity index (χ3v) is 2.44. The molecule has 0 fully saturated rings. The Morgan fingerprint density at radius 1 is 1.60 bits per heavy atom. The first kappa shape index (κ1) is 11.6. The van der Waals surface area contributed by atoms with E-state index in [2.05, 4.69) is 15.9 Å². The predicted octanol–water partition coefficient (Wildman–Crippen LogP) is 2.11. The Hall–Kier alpha value is -1.43. The van der Waals surface area contributed by atoms with Gasteiger partial charge in [0.05, 0.1) is 16.5 Å². The molecular formula is C9H8BrNO4. The van der Waals surface area contributed by atoms with Crippen LogP contribution in [0.3, 0.4) is 0 Å². The van der Waals surface area contributed by atoms with Crippen molar-refractivity contribution < 1.29 is 14.5 Å². The van der Waals surface area contributed by atoms with Crippen LogP contribution in [-0.2, 0) is 11.2 Å². The lowest BCUT2D eigenvalue weighted by Crippen LogP contribution is -1.98. The molecule has 1 rings (SSSR count). The first-order chi connectivity index (χ1) is 7.10. The van der Waals surface area contributed by atoms with E-state index in [-0.39, 0.29) is 12.1 Å². The number of rotatable bonds is 4. The van der Waals surface area contributed by atoms with Crippen LogP contribution < -0.4 is 4.74 Å². The molecule has 0 N–H and O–H groups in total. The lowest BCUT2D eigenvalue weighted by molar-refractivity contribution is -0.386. The van der Waals surface area contributed by atoms with Crippen molar-refractivity contribution in [3.05, 3.63) is 32.3 Å². The first-order valence-corrected chi connectivity index (χ1v) is 4.84. The van der Waals surface area contributed by atoms with Crippen molar-refractivity contribution in [1.29, 1.82) is 0 Å². The van der Waals surface area contributed by atoms with E-state index >= 15 is 0 Å². The molecule has 6 heteroatoms. The van der Waals surface area contributed by atoms with Gasteiger partial charge in [-0.05, 0) is 22.0 Å². The number of methoxy groups -OCH3 is 1. The van der Waals surface area contributed by atoms with Gasteiger partial charge in [-0.25, -0.2) is 0 Å². The highest BCUT2D eigenvalue weighted by Gasteiger charge is 2.19. The fourth-order valence-corrected chi connectivity index (χ4v) is 1.82. The number of ether oxygens (including phenoxy) is 1. The van der Waals surface area contributed by atoms with Crippen molar-refractivity contribution in [3.63, 3.8) is 0 Å². The monoisotopic (exact) mass is 273 g/mol. The van der Waals surface area contributed by atoms with E-state index in [1.54, 1.807) is 0 Å². The maximum Gasteiger partial charge on any atom is 0.287 e. The highest BCUT2D eigenvalue weighted by atomic mass is 79.9. The quantitative estimate of drug-likeness (QED) is 0.479. The lowest BCUT2D eigenvalue weighted by Gasteiger charge is -2.05. The van der Waals surface area contributed by atoms with Crippen LogP contribution in [0.4, 0.5) is 5.69 Å². The van der Waals surface area contributed by atoms with Gasteiger partial charge in [-0.2, -0.15) is 0 Å². The van der Waals surface area contributed by atoms with Gasteiger partial charge in [-0.1, -0.05) is 0 Å². The van der Waals surface area contributed by atoms with Crippen LogP contribution in [0.1, 0.15) is 5.56 Å². The van der Waals surface area contributed by atoms with Crippen LogP contribution in [0, 0.1) is 10.1 Å². The minimum Gasteiger partial charge on any atom is -0.497 e. The Labute approximate surface area is 94.3 Å². The smallest absolute Gasteiger partial charge is 0.287 e. The van der Waals surface area contributed by atoms with Crippen molar-refractivity contribution >= 4 is 27.9 Å². The summed E-state index contributed by atoms with van der Waals surface area (Å²) >= 11 is 3.07. The Morgan fingerprint density at radius 2 is 2.27 bits per heavy atom. The molecule has 5 nitrogen and oxygen atoms in total. The summed E-state index contributed by atoms with van der Waals surface area (Å²) < 4.78 is 5.26. The van der Waals surface area contributed by atoms with E-state index in [1.807, 2.05) is 0 Å². The van der Waals surface area contributed by atoms with Crippen LogP contribution in [0.25, 0.3) is 0 Å². The van der Waals surface area contributed by atoms with Gasteiger partial charge in [0.1, 0.15) is 12.0 Å². The molecule has 0 radical (unpaired) electrons. The van der Waals surface area contributed by atoms with Gasteiger partial charge >= 0.3 is 0 Å². The fraction of sp³-hybridized carbons (Fsp3) is 0.222. The van der Waals surface area contributed by atoms with E-state index in [1.165, 1.54) is 19.2 Å². The van der Waals surface area contributed by atoms with Crippen LogP contribution in [0.2, 0.25) is 0 Å². The number of nitro groups is 1. The Kier molecular flexibility index (Phi) is 3.79. The van der Waals surface area contributed by atoms with Crippen LogP contribution in [-0.4, -0.2) is 18.3 Å². The number of aldehydes is 1. The van der Waals surface area contributed by atoms with Gasteiger partial charge in [-0.15, -0.1) is 0 Å². The number of carbonyl (C=O) groups excluding carboxylic acids is 1. The van der Waals surface area contributed by atoms with Gasteiger partial charge < -0.3 is 9.53 Å². The van der Waals surface area contributed by atoms with Gasteiger partial charge in [0.25, 0.3) is 5.69 Å². The number of hydrogen-bond acceptors (Lipinski definition) is 4. The molecule has 0 saturated heterocycles. The molecule has 0 atom stereocenters. The van der Waals surface area contributed by atoms with E-state index in [0.29, 0.717) is 22.1 Å². The lowest BCUT2D eigenvalue weighted by atomic mass is 10.1. The summed E-state index contributed by atoms with van der Waals surface area (Å²) in [5.41, 5.74) is 0.240. The second-order valence-electron chi connectivity index (χ2n) is 2.74. The molecule has 0 aliphatic rings. The van der Waals surface area contributed by atoms with Crippen molar-refractivity contribution in [1.82, 2.24) is 0 Å². The highest BCUT2D eigenvalue weighted by molar-refractivity contribution is 9.10. The molecule has 0 saturated carbocycles. The van der Waals surface area contributed by atoms with Gasteiger partial charge in [0.15, 0.2) is 0 Å². The van der Waals surface area contributed by atoms with Gasteiger partial charge in [0, 0.05) is 18.1 Å². The molecule has 1 aromatic rings. The summed E-state index contributed by atoms with van der Waals surface area (Å²) in [4.78, 5) is 20.6. The minimum absolute atomic E-state index is 0.00782. The summed E-state index contributed by atoms with van der Waals surface area (Å²) in [5, 5.41) is 10.7. The van der Waals surface area contributed by atoms with Crippen LogP contribution in [0.5, 0.6) is 5.75 Å². The average Bonchev–Trinajstić information content (AvgIpc) is 2.16. The molecule has 0 heterocycles. The first-order valence-electron chi connectivity index (χ1n) is 4.04. The fourth-order valence-electron chi connectivity index (χ4n) is 1.20. The molecule has 1 aromatic carbocycles. The summed E-state index contributed by atoms with van der Waals surface area (Å²) in [5.74, 6) is 0.476. The molecule has 0 aromatic heterocycles. The SMILES string of the molecule is COc1cc(Br)c([N+](=O)[O-])c(CC=O)c1. The minimum atomic E-state index is -0.525. The molecule has 0 aliphatic heterocycles. The summed E-state index contributed by atoms with van der Waals surface area (Å²) in [6.45, 7) is 0. The number of benzene rings is 1. The molecule has 0 unspecified atom stereocenters. The number of hydrogen-bond donors (Lipinski definition) is 0. The van der Waals surface area contributed by atoms with Crippen LogP contribution in [0.15, 0.2) is 16.6 Å². The van der Waals surface area contributed by atoms with E-state index in [9.17, 15) is 14.9 Å². The number of halogens is 1. The van der Waals surface area contributed by atoms with E-state index < -0.39 is 4.92 Å². The number of carbonyl (C=O) groups is 1. The molecular weight excluding hydrogens is 266 g/mol. The maximum absolute atomic E-state index is 10.7. The zero-order chi connectivity index (χ0) is 11.4. The van der Waals surface area contributed by atoms with Gasteiger partial charge in [0.2, 0.25) is 0 Å². The molecule has 80 valence electrons. The van der Waals surface area contributed by atoms with Crippen molar-refractivity contribution in [2.24, 2.45) is 0 Å². The Bertz CT molecular complexity index is 405. The van der Waals surface area contributed by atoms with Crippen molar-refractivity contribution in [2.45, 2.75) is 6.42 Å². The second-order valence-corrected chi connectivity index (χ2v) is 3.60. The standard InChI is InChI=1S/C9H8BrNO4/c1-15-7-4-6(2-3-12)9(11(13)14)8(10)5-7/h3-5H,2H2,1H3. The predicted molar refractivity (Wildman–Crippen MR) is 57.1 cm³/mol. The summed E-state index contributed by atoms with van der Waals surface area (Å²) in [6, 6.07) is 2.98. The van der Waals surface area contributed by atoms with Crippen molar-refractivity contribution in [2.75, 3.05) is 7.11 Å². The molecule has 0 spiro atoms. The molecule has 0 bridgehead atoms. The number of nitrogens with zero attached hydrogens (tertiary/aromatic N) is 1. The van der Waals surface area contributed by atoms with Crippen LogP contribution >= 0.6 is 15.9 Å². The third kappa shape index (κ3) is 2.53. The Balaban J connectivity index is 3.34. The number of nitro benzene ring substituents is 1. The summed E-state index contributed by atoms with van der Waals surface area (Å²) in [7, 11) is 1.46. The molecule has 0 amide bonds. The maximum atomic E-state index is 10.7. The van der Waals surface area contributed by atoms with Gasteiger partial charge in [-0.3, -0.25) is 10.1 Å². The normalized spacial score (nSPS) is 9.73. The zero-order valence-electron chi connectivity index (χ0n) is 7.90. The molecule has 15 heavy (non-hydrogen) atoms. The van der Waals surface area contributed by atoms with E-state index in [0.717, 1.165) is 0 Å². The van der Waals surface area contributed by atoms with Crippen molar-refractivity contribution in [3.8, 4) is 5.75 Å². The third-order valence-electron chi connectivity index (χ3n) is 1.84.